The van der Waals surface area contributed by atoms with Crippen LogP contribution in [0, 0.1) is 18.8 Å². The van der Waals surface area contributed by atoms with E-state index in [2.05, 4.69) is 56.6 Å². The zero-order valence-corrected chi connectivity index (χ0v) is 12.4. The van der Waals surface area contributed by atoms with Crippen molar-refractivity contribution in [2.45, 2.75) is 33.6 Å². The Hall–Kier alpha value is -1.63. The van der Waals surface area contributed by atoms with Gasteiger partial charge in [0.15, 0.2) is 0 Å². The second-order valence-corrected chi connectivity index (χ2v) is 5.52. The van der Waals surface area contributed by atoms with E-state index in [4.69, 9.17) is 0 Å². The number of aryl methyl sites for hydroxylation is 1. The monoisotopic (exact) mass is 253 g/mol. The molecule has 1 aromatic carbocycles. The van der Waals surface area contributed by atoms with E-state index in [1.54, 1.807) is 6.20 Å². The third kappa shape index (κ3) is 2.70. The molecule has 0 amide bonds. The summed E-state index contributed by atoms with van der Waals surface area (Å²) < 4.78 is 0. The molecule has 19 heavy (non-hydrogen) atoms. The predicted octanol–water partition coefficient (Wildman–Crippen LogP) is 4.98. The molecule has 1 nitrogen and oxygen atoms in total. The van der Waals surface area contributed by atoms with E-state index < -0.39 is 0 Å². The zero-order chi connectivity index (χ0) is 14.0. The smallest absolute Gasteiger partial charge is 0.0342 e. The molecule has 0 radical (unpaired) electrons. The molecule has 0 heterocycles. The number of hydrogen-bond donors (Lipinski definition) is 0. The second kappa shape index (κ2) is 5.56. The van der Waals surface area contributed by atoms with Crippen LogP contribution in [0.3, 0.4) is 0 Å². The van der Waals surface area contributed by atoms with Crippen molar-refractivity contribution in [2.75, 3.05) is 0 Å². The first kappa shape index (κ1) is 13.8. The van der Waals surface area contributed by atoms with Gasteiger partial charge in [-0.2, -0.15) is 0 Å². The van der Waals surface area contributed by atoms with Gasteiger partial charge in [-0.25, -0.2) is 0 Å². The highest BCUT2D eigenvalue weighted by Crippen LogP contribution is 2.54. The fourth-order valence-electron chi connectivity index (χ4n) is 2.86. The molecule has 1 aromatic rings. The van der Waals surface area contributed by atoms with Gasteiger partial charge in [0.1, 0.15) is 0 Å². The van der Waals surface area contributed by atoms with Crippen molar-refractivity contribution < 1.29 is 0 Å². The normalized spacial score (nSPS) is 26.7. The second-order valence-electron chi connectivity index (χ2n) is 5.52. The van der Waals surface area contributed by atoms with Crippen molar-refractivity contribution in [3.05, 3.63) is 53.7 Å². The molecule has 2 atom stereocenters. The quantitative estimate of drug-likeness (QED) is 0.671. The van der Waals surface area contributed by atoms with Crippen molar-refractivity contribution in [1.82, 2.24) is 0 Å². The van der Waals surface area contributed by atoms with Crippen LogP contribution in [0.2, 0.25) is 0 Å². The fourth-order valence-corrected chi connectivity index (χ4v) is 2.86. The Balaban J connectivity index is 2.36. The largest absolute Gasteiger partial charge is 0.265 e. The SMILES string of the molecule is C=CN=C/C(=C\C)c1ccc(C)c(C2C(C)C2C)c1. The van der Waals surface area contributed by atoms with Gasteiger partial charge in [-0.3, -0.25) is 4.99 Å². The fraction of sp³-hybridized carbons (Fsp3) is 0.389. The number of aliphatic imine (C=N–C) groups is 1. The standard InChI is InChI=1S/C18H23N/c1-6-15(11-19-7-2)16-9-8-12(3)17(10-16)18-13(4)14(18)5/h6-11,13-14,18H,2H2,1,3-5H3/b15-6+,19-11?. The lowest BCUT2D eigenvalue weighted by Crippen LogP contribution is -1.93. The number of hydrogen-bond acceptors (Lipinski definition) is 1. The maximum atomic E-state index is 4.13. The van der Waals surface area contributed by atoms with Gasteiger partial charge in [0.05, 0.1) is 0 Å². The van der Waals surface area contributed by atoms with Gasteiger partial charge in [-0.15, -0.1) is 0 Å². The summed E-state index contributed by atoms with van der Waals surface area (Å²) >= 11 is 0. The molecule has 0 aliphatic heterocycles. The Morgan fingerprint density at radius 1 is 1.26 bits per heavy atom. The minimum Gasteiger partial charge on any atom is -0.265 e. The van der Waals surface area contributed by atoms with Crippen LogP contribution in [0.4, 0.5) is 0 Å². The van der Waals surface area contributed by atoms with E-state index in [1.807, 2.05) is 13.1 Å². The minimum atomic E-state index is 0.731. The summed E-state index contributed by atoms with van der Waals surface area (Å²) in [6.07, 6.45) is 5.55. The number of rotatable bonds is 4. The van der Waals surface area contributed by atoms with Crippen molar-refractivity contribution in [1.29, 1.82) is 0 Å². The molecule has 2 unspecified atom stereocenters. The topological polar surface area (TPSA) is 12.4 Å². The zero-order valence-electron chi connectivity index (χ0n) is 12.4. The predicted molar refractivity (Wildman–Crippen MR) is 84.6 cm³/mol. The number of benzene rings is 1. The molecular formula is C18H23N. The van der Waals surface area contributed by atoms with Gasteiger partial charge in [0, 0.05) is 12.4 Å². The van der Waals surface area contributed by atoms with E-state index in [-0.39, 0.29) is 0 Å². The molecule has 1 heteroatoms. The summed E-state index contributed by atoms with van der Waals surface area (Å²) in [4.78, 5) is 4.13. The van der Waals surface area contributed by atoms with Crippen molar-refractivity contribution in [2.24, 2.45) is 16.8 Å². The molecule has 0 spiro atoms. The summed E-state index contributed by atoms with van der Waals surface area (Å²) in [6, 6.07) is 6.75. The lowest BCUT2D eigenvalue weighted by molar-refractivity contribution is 0.834. The molecule has 2 rings (SSSR count). The van der Waals surface area contributed by atoms with Crippen LogP contribution in [-0.4, -0.2) is 6.21 Å². The van der Waals surface area contributed by atoms with Gasteiger partial charge >= 0.3 is 0 Å². The molecule has 0 bridgehead atoms. The first-order valence-corrected chi connectivity index (χ1v) is 7.01. The van der Waals surface area contributed by atoms with E-state index in [0.717, 1.165) is 23.3 Å². The van der Waals surface area contributed by atoms with Crippen LogP contribution in [0.25, 0.3) is 5.57 Å². The van der Waals surface area contributed by atoms with Crippen molar-refractivity contribution >= 4 is 11.8 Å². The summed E-state index contributed by atoms with van der Waals surface area (Å²) in [7, 11) is 0. The molecule has 1 aliphatic carbocycles. The summed E-state index contributed by atoms with van der Waals surface area (Å²) in [6.45, 7) is 12.6. The van der Waals surface area contributed by atoms with Gasteiger partial charge in [0.25, 0.3) is 0 Å². The summed E-state index contributed by atoms with van der Waals surface area (Å²) in [5, 5.41) is 0. The highest BCUT2D eigenvalue weighted by atomic mass is 14.7. The third-order valence-electron chi connectivity index (χ3n) is 4.42. The Kier molecular flexibility index (Phi) is 4.04. The Morgan fingerprint density at radius 3 is 2.47 bits per heavy atom. The van der Waals surface area contributed by atoms with Gasteiger partial charge in [-0.1, -0.05) is 44.7 Å². The summed E-state index contributed by atoms with van der Waals surface area (Å²) in [5.41, 5.74) is 5.31. The van der Waals surface area contributed by atoms with Crippen molar-refractivity contribution in [3.63, 3.8) is 0 Å². The van der Waals surface area contributed by atoms with E-state index in [1.165, 1.54) is 16.7 Å². The molecule has 1 saturated carbocycles. The Labute approximate surface area is 116 Å². The lowest BCUT2D eigenvalue weighted by atomic mass is 9.96. The average molecular weight is 253 g/mol. The Bertz CT molecular complexity index is 529. The van der Waals surface area contributed by atoms with Crippen LogP contribution < -0.4 is 0 Å². The van der Waals surface area contributed by atoms with E-state index in [9.17, 15) is 0 Å². The lowest BCUT2D eigenvalue weighted by Gasteiger charge is -2.09. The van der Waals surface area contributed by atoms with Gasteiger partial charge in [-0.05, 0) is 53.9 Å². The van der Waals surface area contributed by atoms with Gasteiger partial charge in [0.2, 0.25) is 0 Å². The molecule has 0 aromatic heterocycles. The van der Waals surface area contributed by atoms with Crippen LogP contribution in [0.15, 0.2) is 42.0 Å². The van der Waals surface area contributed by atoms with E-state index >= 15 is 0 Å². The van der Waals surface area contributed by atoms with E-state index in [0.29, 0.717) is 0 Å². The Morgan fingerprint density at radius 2 is 1.95 bits per heavy atom. The maximum Gasteiger partial charge on any atom is 0.0342 e. The molecule has 100 valence electrons. The molecular weight excluding hydrogens is 230 g/mol. The molecule has 1 fully saturated rings. The molecule has 1 aliphatic rings. The first-order valence-electron chi connectivity index (χ1n) is 7.01. The molecule has 0 N–H and O–H groups in total. The first-order chi connectivity index (χ1) is 9.10. The minimum absolute atomic E-state index is 0.731. The number of allylic oxidation sites excluding steroid dienone is 2. The molecule has 0 saturated heterocycles. The highest BCUT2D eigenvalue weighted by Gasteiger charge is 2.44. The summed E-state index contributed by atoms with van der Waals surface area (Å²) in [5.74, 6) is 2.35. The van der Waals surface area contributed by atoms with Crippen LogP contribution in [0.1, 0.15) is 43.4 Å². The highest BCUT2D eigenvalue weighted by molar-refractivity contribution is 6.09. The maximum absolute atomic E-state index is 4.13. The van der Waals surface area contributed by atoms with Gasteiger partial charge < -0.3 is 0 Å². The van der Waals surface area contributed by atoms with Crippen LogP contribution in [0.5, 0.6) is 0 Å². The van der Waals surface area contributed by atoms with Crippen LogP contribution >= 0.6 is 0 Å². The van der Waals surface area contributed by atoms with Crippen molar-refractivity contribution in [3.8, 4) is 0 Å². The number of nitrogens with zero attached hydrogens (tertiary/aromatic N) is 1. The van der Waals surface area contributed by atoms with Crippen LogP contribution in [-0.2, 0) is 0 Å². The third-order valence-corrected chi connectivity index (χ3v) is 4.42. The average Bonchev–Trinajstić information content (AvgIpc) is 2.99.